The Labute approximate surface area is 123 Å². The molecule has 1 aromatic carbocycles. The molecule has 2 atom stereocenters. The Bertz CT molecular complexity index is 601. The molecular formula is C13H19BrN2O2S. The molecule has 4 nitrogen and oxygen atoms in total. The van der Waals surface area contributed by atoms with Gasteiger partial charge in [0.05, 0.1) is 4.90 Å². The van der Waals surface area contributed by atoms with Gasteiger partial charge in [-0.1, -0.05) is 6.92 Å². The lowest BCUT2D eigenvalue weighted by atomic mass is 10.2. The average molecular weight is 347 g/mol. The Morgan fingerprint density at radius 3 is 2.58 bits per heavy atom. The molecule has 2 rings (SSSR count). The quantitative estimate of drug-likeness (QED) is 0.852. The number of halogens is 1. The van der Waals surface area contributed by atoms with Crippen molar-refractivity contribution in [3.05, 3.63) is 22.2 Å². The molecule has 0 aromatic heterocycles. The standard InChI is InChI=1S/C13H19BrN2O2S/c1-8-4-10(8)7-16(3)19(17,18)13-6-12(15)11(14)5-9(13)2/h5-6,8,10H,4,7,15H2,1-3H3. The molecule has 0 radical (unpaired) electrons. The van der Waals surface area contributed by atoms with Crippen molar-refractivity contribution in [2.75, 3.05) is 19.3 Å². The maximum Gasteiger partial charge on any atom is 0.243 e. The molecule has 1 aromatic rings. The highest BCUT2D eigenvalue weighted by Gasteiger charge is 2.36. The SMILES string of the molecule is Cc1cc(Br)c(N)cc1S(=O)(=O)N(C)CC1CC1C. The van der Waals surface area contributed by atoms with Crippen LogP contribution in [0.1, 0.15) is 18.9 Å². The lowest BCUT2D eigenvalue weighted by Crippen LogP contribution is -2.29. The summed E-state index contributed by atoms with van der Waals surface area (Å²) in [5.74, 6) is 1.13. The summed E-state index contributed by atoms with van der Waals surface area (Å²) in [5.41, 5.74) is 6.94. The highest BCUT2D eigenvalue weighted by molar-refractivity contribution is 9.10. The predicted molar refractivity (Wildman–Crippen MR) is 80.4 cm³/mol. The van der Waals surface area contributed by atoms with E-state index in [1.165, 1.54) is 10.4 Å². The second-order valence-corrected chi connectivity index (χ2v) is 8.27. The van der Waals surface area contributed by atoms with Crippen LogP contribution in [-0.4, -0.2) is 26.3 Å². The zero-order valence-corrected chi connectivity index (χ0v) is 13.8. The first kappa shape index (κ1) is 14.8. The van der Waals surface area contributed by atoms with E-state index < -0.39 is 10.0 Å². The van der Waals surface area contributed by atoms with Crippen LogP contribution in [0.3, 0.4) is 0 Å². The van der Waals surface area contributed by atoms with Crippen molar-refractivity contribution in [1.29, 1.82) is 0 Å². The third kappa shape index (κ3) is 2.95. The minimum absolute atomic E-state index is 0.295. The fourth-order valence-electron chi connectivity index (χ4n) is 2.20. The zero-order chi connectivity index (χ0) is 14.4. The van der Waals surface area contributed by atoms with E-state index in [4.69, 9.17) is 5.73 Å². The molecule has 6 heteroatoms. The average Bonchev–Trinajstić information content (AvgIpc) is 2.99. The number of hydrogen-bond acceptors (Lipinski definition) is 3. The normalized spacial score (nSPS) is 22.8. The van der Waals surface area contributed by atoms with E-state index in [1.807, 2.05) is 0 Å². The van der Waals surface area contributed by atoms with Crippen LogP contribution in [0.2, 0.25) is 0 Å². The zero-order valence-electron chi connectivity index (χ0n) is 11.4. The lowest BCUT2D eigenvalue weighted by molar-refractivity contribution is 0.444. The van der Waals surface area contributed by atoms with Gasteiger partial charge in [0.1, 0.15) is 0 Å². The Morgan fingerprint density at radius 2 is 2.05 bits per heavy atom. The van der Waals surface area contributed by atoms with E-state index >= 15 is 0 Å². The molecule has 19 heavy (non-hydrogen) atoms. The molecule has 0 bridgehead atoms. The number of nitrogens with zero attached hydrogens (tertiary/aromatic N) is 1. The topological polar surface area (TPSA) is 63.4 Å². The van der Waals surface area contributed by atoms with Gasteiger partial charge in [-0.05, 0) is 58.8 Å². The smallest absolute Gasteiger partial charge is 0.243 e. The van der Waals surface area contributed by atoms with Crippen molar-refractivity contribution in [1.82, 2.24) is 4.31 Å². The molecule has 1 aliphatic carbocycles. The van der Waals surface area contributed by atoms with Crippen molar-refractivity contribution in [2.45, 2.75) is 25.2 Å². The van der Waals surface area contributed by atoms with Gasteiger partial charge in [0.2, 0.25) is 10.0 Å². The van der Waals surface area contributed by atoms with Crippen molar-refractivity contribution in [2.24, 2.45) is 11.8 Å². The minimum Gasteiger partial charge on any atom is -0.398 e. The highest BCUT2D eigenvalue weighted by Crippen LogP contribution is 2.39. The van der Waals surface area contributed by atoms with Gasteiger partial charge in [-0.15, -0.1) is 0 Å². The summed E-state index contributed by atoms with van der Waals surface area (Å²) in [7, 11) is -1.82. The molecule has 1 fully saturated rings. The Morgan fingerprint density at radius 1 is 1.47 bits per heavy atom. The molecule has 2 unspecified atom stereocenters. The predicted octanol–water partition coefficient (Wildman–Crippen LogP) is 2.62. The number of nitrogen functional groups attached to an aromatic ring is 1. The van der Waals surface area contributed by atoms with E-state index in [1.54, 1.807) is 20.0 Å². The van der Waals surface area contributed by atoms with Crippen molar-refractivity contribution in [3.8, 4) is 0 Å². The number of anilines is 1. The van der Waals surface area contributed by atoms with E-state index in [-0.39, 0.29) is 0 Å². The van der Waals surface area contributed by atoms with E-state index in [9.17, 15) is 8.42 Å². The first-order chi connectivity index (χ1) is 8.73. The molecular weight excluding hydrogens is 328 g/mol. The lowest BCUT2D eigenvalue weighted by Gasteiger charge is -2.19. The number of sulfonamides is 1. The maximum absolute atomic E-state index is 12.5. The largest absolute Gasteiger partial charge is 0.398 e. The van der Waals surface area contributed by atoms with Crippen molar-refractivity contribution >= 4 is 31.6 Å². The minimum atomic E-state index is -3.45. The maximum atomic E-state index is 12.5. The van der Waals surface area contributed by atoms with Crippen LogP contribution in [0.15, 0.2) is 21.5 Å². The summed E-state index contributed by atoms with van der Waals surface area (Å²) in [6.07, 6.45) is 1.11. The van der Waals surface area contributed by atoms with E-state index in [2.05, 4.69) is 22.9 Å². The van der Waals surface area contributed by atoms with Gasteiger partial charge < -0.3 is 5.73 Å². The fourth-order valence-corrected chi connectivity index (χ4v) is 4.12. The Kier molecular flexibility index (Phi) is 3.95. The molecule has 106 valence electrons. The molecule has 0 saturated heterocycles. The third-order valence-electron chi connectivity index (χ3n) is 3.75. The summed E-state index contributed by atoms with van der Waals surface area (Å²) >= 11 is 3.31. The molecule has 0 aliphatic heterocycles. The number of aryl methyl sites for hydroxylation is 1. The number of nitrogens with two attached hydrogens (primary N) is 1. The summed E-state index contributed by atoms with van der Waals surface area (Å²) in [5, 5.41) is 0. The Balaban J connectivity index is 2.31. The summed E-state index contributed by atoms with van der Waals surface area (Å²) in [6, 6.07) is 3.28. The molecule has 0 heterocycles. The summed E-state index contributed by atoms with van der Waals surface area (Å²) < 4.78 is 27.2. The number of rotatable bonds is 4. The van der Waals surface area contributed by atoms with E-state index in [0.717, 1.165) is 10.9 Å². The fraction of sp³-hybridized carbons (Fsp3) is 0.538. The van der Waals surface area contributed by atoms with Gasteiger partial charge in [-0.3, -0.25) is 0 Å². The van der Waals surface area contributed by atoms with Crippen LogP contribution in [0, 0.1) is 18.8 Å². The van der Waals surface area contributed by atoms with Crippen LogP contribution in [0.5, 0.6) is 0 Å². The van der Waals surface area contributed by atoms with Crippen LogP contribution in [0.4, 0.5) is 5.69 Å². The van der Waals surface area contributed by atoms with Crippen LogP contribution in [-0.2, 0) is 10.0 Å². The van der Waals surface area contributed by atoms with Crippen LogP contribution >= 0.6 is 15.9 Å². The van der Waals surface area contributed by atoms with Gasteiger partial charge in [0.15, 0.2) is 0 Å². The number of hydrogen-bond donors (Lipinski definition) is 1. The summed E-state index contributed by atoms with van der Waals surface area (Å²) in [4.78, 5) is 0.295. The van der Waals surface area contributed by atoms with Gasteiger partial charge >= 0.3 is 0 Å². The van der Waals surface area contributed by atoms with Gasteiger partial charge in [0.25, 0.3) is 0 Å². The molecule has 1 saturated carbocycles. The first-order valence-corrected chi connectivity index (χ1v) is 8.48. The molecule has 0 amide bonds. The van der Waals surface area contributed by atoms with Crippen molar-refractivity contribution < 1.29 is 8.42 Å². The number of benzene rings is 1. The van der Waals surface area contributed by atoms with Crippen LogP contribution < -0.4 is 5.73 Å². The van der Waals surface area contributed by atoms with Crippen molar-refractivity contribution in [3.63, 3.8) is 0 Å². The second kappa shape index (κ2) is 5.07. The van der Waals surface area contributed by atoms with E-state index in [0.29, 0.717) is 34.5 Å². The first-order valence-electron chi connectivity index (χ1n) is 6.25. The van der Waals surface area contributed by atoms with Gasteiger partial charge in [-0.2, -0.15) is 0 Å². The van der Waals surface area contributed by atoms with Gasteiger partial charge in [0, 0.05) is 23.8 Å². The highest BCUT2D eigenvalue weighted by atomic mass is 79.9. The van der Waals surface area contributed by atoms with Gasteiger partial charge in [-0.25, -0.2) is 12.7 Å². The third-order valence-corrected chi connectivity index (χ3v) is 6.40. The molecule has 0 spiro atoms. The Hall–Kier alpha value is -0.590. The summed E-state index contributed by atoms with van der Waals surface area (Å²) in [6.45, 7) is 4.51. The monoisotopic (exact) mass is 346 g/mol. The van der Waals surface area contributed by atoms with Crippen LogP contribution in [0.25, 0.3) is 0 Å². The molecule has 2 N–H and O–H groups in total. The second-order valence-electron chi connectivity index (χ2n) is 5.40. The molecule has 1 aliphatic rings.